The number of amidine groups is 1. The van der Waals surface area contributed by atoms with Gasteiger partial charge in [-0.05, 0) is 78.0 Å². The summed E-state index contributed by atoms with van der Waals surface area (Å²) in [5.74, 6) is -0.280. The Bertz CT molecular complexity index is 1720. The van der Waals surface area contributed by atoms with Gasteiger partial charge in [-0.25, -0.2) is 4.39 Å². The highest BCUT2D eigenvalue weighted by Gasteiger charge is 2.34. The number of carbonyl (C=O) groups is 2. The topological polar surface area (TPSA) is 140 Å². The van der Waals surface area contributed by atoms with Gasteiger partial charge in [0.15, 0.2) is 11.8 Å². The molecule has 0 unspecified atom stereocenters. The maximum Gasteiger partial charge on any atom is 0.269 e. The Kier molecular flexibility index (Phi) is 9.02. The fraction of sp³-hybridized carbons (Fsp3) is 0.0667. The van der Waals surface area contributed by atoms with Gasteiger partial charge in [-0.1, -0.05) is 18.2 Å². The second-order valence-electron chi connectivity index (χ2n) is 8.94. The van der Waals surface area contributed by atoms with Crippen molar-refractivity contribution in [3.63, 3.8) is 0 Å². The van der Waals surface area contributed by atoms with Crippen molar-refractivity contribution in [1.29, 1.82) is 0 Å². The number of thioether (sulfide) groups is 1. The van der Waals surface area contributed by atoms with Gasteiger partial charge in [-0.15, -0.1) is 5.10 Å². The lowest BCUT2D eigenvalue weighted by Crippen LogP contribution is -2.28. The SMILES string of the molecule is O=C(COc1ccccc1/C=C1\S/C(=N/N=C\c2ccc([N+](=O)[O-])cc2)N(Cc2ccco2)C1=O)Nc1ccc(F)cc1. The molecular weight excluding hydrogens is 577 g/mol. The molecule has 5 rings (SSSR count). The van der Waals surface area contributed by atoms with E-state index < -0.39 is 16.6 Å². The molecular formula is C30H22FN5O6S. The first-order valence-electron chi connectivity index (χ1n) is 12.7. The summed E-state index contributed by atoms with van der Waals surface area (Å²) >= 11 is 1.10. The van der Waals surface area contributed by atoms with Gasteiger partial charge in [0.25, 0.3) is 17.5 Å². The number of ether oxygens (including phenoxy) is 1. The van der Waals surface area contributed by atoms with Crippen molar-refractivity contribution < 1.29 is 28.1 Å². The monoisotopic (exact) mass is 599 g/mol. The summed E-state index contributed by atoms with van der Waals surface area (Å²) < 4.78 is 24.3. The lowest BCUT2D eigenvalue weighted by Gasteiger charge is -2.12. The number of para-hydroxylation sites is 1. The van der Waals surface area contributed by atoms with E-state index >= 15 is 0 Å². The van der Waals surface area contributed by atoms with E-state index in [1.165, 1.54) is 65.9 Å². The largest absolute Gasteiger partial charge is 0.483 e. The van der Waals surface area contributed by atoms with Gasteiger partial charge in [-0.2, -0.15) is 5.10 Å². The first kappa shape index (κ1) is 29.0. The minimum atomic E-state index is -0.492. The van der Waals surface area contributed by atoms with Crippen molar-refractivity contribution in [2.45, 2.75) is 6.54 Å². The number of rotatable bonds is 10. The molecule has 1 aliphatic heterocycles. The van der Waals surface area contributed by atoms with Gasteiger partial charge in [-0.3, -0.25) is 24.6 Å². The Morgan fingerprint density at radius 3 is 2.56 bits per heavy atom. The molecule has 1 aromatic heterocycles. The average Bonchev–Trinajstić information content (AvgIpc) is 3.62. The van der Waals surface area contributed by atoms with Crippen LogP contribution in [0.4, 0.5) is 15.8 Å². The Balaban J connectivity index is 1.33. The molecule has 1 fully saturated rings. The standard InChI is InChI=1S/C30H22FN5O6S/c31-22-9-11-23(12-10-22)33-28(37)19-42-26-6-2-1-4-21(26)16-27-29(38)35(18-25-5-3-15-41-25)30(43-27)34-32-17-20-7-13-24(14-8-20)36(39)40/h1-17H,18-19H2,(H,33,37)/b27-16-,32-17-,34-30+. The molecule has 13 heteroatoms. The molecule has 2 amide bonds. The number of carbonyl (C=O) groups excluding carboxylic acids is 2. The van der Waals surface area contributed by atoms with E-state index in [9.17, 15) is 24.1 Å². The fourth-order valence-electron chi connectivity index (χ4n) is 3.85. The van der Waals surface area contributed by atoms with Gasteiger partial charge in [0.1, 0.15) is 17.3 Å². The first-order chi connectivity index (χ1) is 20.9. The molecule has 0 spiro atoms. The minimum absolute atomic E-state index is 0.0439. The lowest BCUT2D eigenvalue weighted by atomic mass is 10.2. The van der Waals surface area contributed by atoms with Crippen LogP contribution in [0, 0.1) is 15.9 Å². The van der Waals surface area contributed by atoms with E-state index in [4.69, 9.17) is 9.15 Å². The smallest absolute Gasteiger partial charge is 0.269 e. The predicted molar refractivity (Wildman–Crippen MR) is 160 cm³/mol. The Morgan fingerprint density at radius 2 is 1.84 bits per heavy atom. The van der Waals surface area contributed by atoms with Crippen LogP contribution in [0.1, 0.15) is 16.9 Å². The number of furan rings is 1. The molecule has 2 heterocycles. The number of hydrogen-bond acceptors (Lipinski definition) is 9. The Morgan fingerprint density at radius 1 is 1.07 bits per heavy atom. The van der Waals surface area contributed by atoms with Crippen LogP contribution in [0.15, 0.2) is 111 Å². The van der Waals surface area contributed by atoms with Crippen LogP contribution < -0.4 is 10.1 Å². The lowest BCUT2D eigenvalue weighted by molar-refractivity contribution is -0.384. The molecule has 1 aliphatic rings. The van der Waals surface area contributed by atoms with Crippen molar-refractivity contribution >= 4 is 52.4 Å². The molecule has 0 bridgehead atoms. The van der Waals surface area contributed by atoms with Gasteiger partial charge in [0, 0.05) is 23.4 Å². The summed E-state index contributed by atoms with van der Waals surface area (Å²) in [6, 6.07) is 21.5. The zero-order valence-corrected chi connectivity index (χ0v) is 23.1. The van der Waals surface area contributed by atoms with Crippen LogP contribution in [0.5, 0.6) is 5.75 Å². The van der Waals surface area contributed by atoms with E-state index in [1.807, 2.05) is 0 Å². The number of benzene rings is 3. The number of nitrogens with zero attached hydrogens (tertiary/aromatic N) is 4. The van der Waals surface area contributed by atoms with Gasteiger partial charge < -0.3 is 14.5 Å². The number of nitro benzene ring substituents is 1. The number of amides is 2. The molecule has 43 heavy (non-hydrogen) atoms. The highest BCUT2D eigenvalue weighted by atomic mass is 32.2. The van der Waals surface area contributed by atoms with Crippen molar-refractivity contribution in [3.8, 4) is 5.75 Å². The van der Waals surface area contributed by atoms with E-state index in [-0.39, 0.29) is 24.7 Å². The third kappa shape index (κ3) is 7.59. The number of anilines is 1. The number of non-ortho nitro benzene ring substituents is 1. The molecule has 1 N–H and O–H groups in total. The quantitative estimate of drug-likeness (QED) is 0.104. The van der Waals surface area contributed by atoms with Crippen molar-refractivity contribution in [2.24, 2.45) is 10.2 Å². The molecule has 0 radical (unpaired) electrons. The maximum absolute atomic E-state index is 13.5. The second-order valence-corrected chi connectivity index (χ2v) is 9.95. The summed E-state index contributed by atoms with van der Waals surface area (Å²) in [5.41, 5.74) is 1.53. The zero-order chi connectivity index (χ0) is 30.2. The highest BCUT2D eigenvalue weighted by molar-refractivity contribution is 8.18. The molecule has 216 valence electrons. The van der Waals surface area contributed by atoms with Crippen molar-refractivity contribution in [3.05, 3.63) is 129 Å². The van der Waals surface area contributed by atoms with E-state index in [1.54, 1.807) is 42.5 Å². The molecule has 0 atom stereocenters. The van der Waals surface area contributed by atoms with Crippen LogP contribution in [-0.2, 0) is 16.1 Å². The number of hydrogen-bond donors (Lipinski definition) is 1. The summed E-state index contributed by atoms with van der Waals surface area (Å²) in [6.45, 7) is -0.197. The Labute approximate surface area is 248 Å². The Hall–Kier alpha value is -5.56. The fourth-order valence-corrected chi connectivity index (χ4v) is 4.78. The third-order valence-electron chi connectivity index (χ3n) is 5.93. The summed E-state index contributed by atoms with van der Waals surface area (Å²) in [5, 5.41) is 22.1. The molecule has 1 saturated heterocycles. The second kappa shape index (κ2) is 13.4. The van der Waals surface area contributed by atoms with Crippen LogP contribution >= 0.6 is 11.8 Å². The summed E-state index contributed by atoms with van der Waals surface area (Å²) in [4.78, 5) is 38.0. The van der Waals surface area contributed by atoms with Crippen LogP contribution in [-0.4, -0.2) is 39.6 Å². The molecule has 4 aromatic rings. The van der Waals surface area contributed by atoms with Crippen LogP contribution in [0.2, 0.25) is 0 Å². The highest BCUT2D eigenvalue weighted by Crippen LogP contribution is 2.35. The zero-order valence-electron chi connectivity index (χ0n) is 22.3. The normalized spacial score (nSPS) is 15.0. The summed E-state index contributed by atoms with van der Waals surface area (Å²) in [6.07, 6.45) is 4.57. The van der Waals surface area contributed by atoms with Crippen molar-refractivity contribution in [2.75, 3.05) is 11.9 Å². The van der Waals surface area contributed by atoms with Crippen LogP contribution in [0.25, 0.3) is 6.08 Å². The first-order valence-corrected chi connectivity index (χ1v) is 13.5. The molecule has 0 aliphatic carbocycles. The summed E-state index contributed by atoms with van der Waals surface area (Å²) in [7, 11) is 0. The predicted octanol–water partition coefficient (Wildman–Crippen LogP) is 5.85. The van der Waals surface area contributed by atoms with E-state index in [0.29, 0.717) is 38.4 Å². The van der Waals surface area contributed by atoms with Gasteiger partial charge in [0.05, 0.1) is 28.9 Å². The van der Waals surface area contributed by atoms with Crippen LogP contribution in [0.3, 0.4) is 0 Å². The third-order valence-corrected chi connectivity index (χ3v) is 6.93. The number of nitrogens with one attached hydrogen (secondary N) is 1. The minimum Gasteiger partial charge on any atom is -0.483 e. The maximum atomic E-state index is 13.5. The van der Waals surface area contributed by atoms with E-state index in [2.05, 4.69) is 15.5 Å². The molecule has 11 nitrogen and oxygen atoms in total. The number of halogens is 1. The van der Waals surface area contributed by atoms with Gasteiger partial charge in [0.2, 0.25) is 0 Å². The van der Waals surface area contributed by atoms with Gasteiger partial charge >= 0.3 is 0 Å². The molecule has 0 saturated carbocycles. The van der Waals surface area contributed by atoms with E-state index in [0.717, 1.165) is 11.8 Å². The van der Waals surface area contributed by atoms with Crippen molar-refractivity contribution in [1.82, 2.24) is 4.90 Å². The molecule has 3 aromatic carbocycles. The number of nitro groups is 1. The average molecular weight is 600 g/mol.